The second-order valence-corrected chi connectivity index (χ2v) is 7.30. The van der Waals surface area contributed by atoms with Gasteiger partial charge in [-0.1, -0.05) is 72.8 Å². The van der Waals surface area contributed by atoms with Gasteiger partial charge in [-0.15, -0.1) is 0 Å². The minimum atomic E-state index is -0.517. The van der Waals surface area contributed by atoms with Crippen molar-refractivity contribution in [3.8, 4) is 17.2 Å². The number of carbonyl (C=O) groups excluding carboxylic acids is 1. The number of ether oxygens (including phenoxy) is 1. The maximum atomic E-state index is 14.0. The Hall–Kier alpha value is -3.91. The van der Waals surface area contributed by atoms with Crippen LogP contribution in [0.4, 0.5) is 9.18 Å². The van der Waals surface area contributed by atoms with E-state index in [0.717, 1.165) is 11.1 Å². The molecule has 0 unspecified atom stereocenters. The summed E-state index contributed by atoms with van der Waals surface area (Å²) in [5.41, 5.74) is 5.71. The molecular formula is C26H21FN2O2. The number of benzene rings is 3. The van der Waals surface area contributed by atoms with Crippen LogP contribution in [0.2, 0.25) is 0 Å². The van der Waals surface area contributed by atoms with Gasteiger partial charge in [0.25, 0.3) is 0 Å². The number of fused-ring (bicyclic) bond motifs is 3. The van der Waals surface area contributed by atoms with Crippen molar-refractivity contribution >= 4 is 12.2 Å². The molecule has 0 atom stereocenters. The number of nitrogens with one attached hydrogen (secondary N) is 1. The number of amides is 1. The van der Waals surface area contributed by atoms with E-state index in [1.807, 2.05) is 30.3 Å². The minimum Gasteiger partial charge on any atom is -0.449 e. The Labute approximate surface area is 180 Å². The first-order valence-electron chi connectivity index (χ1n) is 10.1. The molecule has 0 spiro atoms. The lowest BCUT2D eigenvalue weighted by Crippen LogP contribution is -2.26. The largest absolute Gasteiger partial charge is 0.449 e. The highest BCUT2D eigenvalue weighted by molar-refractivity contribution is 5.79. The average molecular weight is 412 g/mol. The molecule has 0 heterocycles. The molecule has 154 valence electrons. The van der Waals surface area contributed by atoms with E-state index in [-0.39, 0.29) is 25.5 Å². The third kappa shape index (κ3) is 4.49. The van der Waals surface area contributed by atoms with Gasteiger partial charge in [0.2, 0.25) is 0 Å². The van der Waals surface area contributed by atoms with E-state index in [1.165, 1.54) is 17.2 Å². The number of nitriles is 1. The van der Waals surface area contributed by atoms with Crippen molar-refractivity contribution in [1.29, 1.82) is 5.26 Å². The third-order valence-corrected chi connectivity index (χ3v) is 5.35. The SMILES string of the molecule is N#CCc1ccc(C=CCNC(=O)OCC2c3ccccc3-c3ccccc32)c(F)c1. The molecule has 5 heteroatoms. The highest BCUT2D eigenvalue weighted by atomic mass is 19.1. The van der Waals surface area contributed by atoms with E-state index in [4.69, 9.17) is 10.00 Å². The molecule has 1 aliphatic carbocycles. The van der Waals surface area contributed by atoms with E-state index in [9.17, 15) is 9.18 Å². The molecule has 0 bridgehead atoms. The monoisotopic (exact) mass is 412 g/mol. The number of rotatable bonds is 6. The van der Waals surface area contributed by atoms with E-state index in [1.54, 1.807) is 24.3 Å². The number of nitrogens with zero attached hydrogens (tertiary/aromatic N) is 1. The predicted molar refractivity (Wildman–Crippen MR) is 118 cm³/mol. The molecule has 0 fully saturated rings. The second kappa shape index (κ2) is 9.27. The standard InChI is InChI=1S/C26H21FN2O2/c27-25-16-18(13-14-28)11-12-19(25)6-5-15-29-26(30)31-17-24-22-9-3-1-7-20(22)21-8-2-4-10-23(21)24/h1-12,16,24H,13,15,17H2,(H,29,30). The van der Waals surface area contributed by atoms with Crippen LogP contribution in [0.15, 0.2) is 72.8 Å². The number of carbonyl (C=O) groups is 1. The van der Waals surface area contributed by atoms with Crippen LogP contribution in [0.25, 0.3) is 17.2 Å². The van der Waals surface area contributed by atoms with Crippen molar-refractivity contribution in [2.75, 3.05) is 13.2 Å². The van der Waals surface area contributed by atoms with Crippen LogP contribution in [0.5, 0.6) is 0 Å². The first-order valence-corrected chi connectivity index (χ1v) is 10.1. The summed E-state index contributed by atoms with van der Waals surface area (Å²) < 4.78 is 19.5. The Balaban J connectivity index is 1.31. The number of halogens is 1. The van der Waals surface area contributed by atoms with E-state index >= 15 is 0 Å². The summed E-state index contributed by atoms with van der Waals surface area (Å²) in [5, 5.41) is 11.3. The Kier molecular flexibility index (Phi) is 6.09. The van der Waals surface area contributed by atoms with Crippen molar-refractivity contribution in [3.63, 3.8) is 0 Å². The molecule has 3 aromatic rings. The van der Waals surface area contributed by atoms with Gasteiger partial charge in [-0.25, -0.2) is 9.18 Å². The molecule has 0 radical (unpaired) electrons. The summed E-state index contributed by atoms with van der Waals surface area (Å²) in [4.78, 5) is 12.1. The minimum absolute atomic E-state index is 0.00899. The number of hydrogen-bond donors (Lipinski definition) is 1. The lowest BCUT2D eigenvalue weighted by Gasteiger charge is -2.14. The molecule has 0 aliphatic heterocycles. The Morgan fingerprint density at radius 1 is 1.06 bits per heavy atom. The van der Waals surface area contributed by atoms with Crippen LogP contribution >= 0.6 is 0 Å². The molecule has 4 nitrogen and oxygen atoms in total. The highest BCUT2D eigenvalue weighted by Crippen LogP contribution is 2.44. The zero-order chi connectivity index (χ0) is 21.6. The van der Waals surface area contributed by atoms with E-state index in [2.05, 4.69) is 29.6 Å². The number of hydrogen-bond acceptors (Lipinski definition) is 3. The molecule has 0 saturated carbocycles. The molecule has 1 N–H and O–H groups in total. The van der Waals surface area contributed by atoms with Gasteiger partial charge in [0, 0.05) is 18.0 Å². The quantitative estimate of drug-likeness (QED) is 0.586. The van der Waals surface area contributed by atoms with Crippen LogP contribution in [0, 0.1) is 17.1 Å². The van der Waals surface area contributed by atoms with Gasteiger partial charge in [-0.2, -0.15) is 5.26 Å². The summed E-state index contributed by atoms with van der Waals surface area (Å²) in [6.07, 6.45) is 2.90. The molecule has 0 saturated heterocycles. The molecule has 1 aliphatic rings. The molecule has 31 heavy (non-hydrogen) atoms. The van der Waals surface area contributed by atoms with Crippen LogP contribution < -0.4 is 5.32 Å². The van der Waals surface area contributed by atoms with E-state index in [0.29, 0.717) is 11.1 Å². The van der Waals surface area contributed by atoms with Crippen molar-refractivity contribution in [2.45, 2.75) is 12.3 Å². The van der Waals surface area contributed by atoms with E-state index < -0.39 is 11.9 Å². The van der Waals surface area contributed by atoms with Crippen LogP contribution in [-0.4, -0.2) is 19.2 Å². The van der Waals surface area contributed by atoms with Gasteiger partial charge >= 0.3 is 6.09 Å². The van der Waals surface area contributed by atoms with Crippen molar-refractivity contribution in [2.24, 2.45) is 0 Å². The fourth-order valence-electron chi connectivity index (χ4n) is 3.88. The highest BCUT2D eigenvalue weighted by Gasteiger charge is 2.28. The first-order chi connectivity index (χ1) is 15.2. The summed E-state index contributed by atoms with van der Waals surface area (Å²) in [6.45, 7) is 0.467. The van der Waals surface area contributed by atoms with Gasteiger partial charge < -0.3 is 10.1 Å². The van der Waals surface area contributed by atoms with Crippen LogP contribution in [-0.2, 0) is 11.2 Å². The molecule has 4 rings (SSSR count). The smallest absolute Gasteiger partial charge is 0.407 e. The zero-order valence-corrected chi connectivity index (χ0v) is 16.8. The maximum Gasteiger partial charge on any atom is 0.407 e. The summed E-state index contributed by atoms with van der Waals surface area (Å²) in [7, 11) is 0. The molecular weight excluding hydrogens is 391 g/mol. The fraction of sp³-hybridized carbons (Fsp3) is 0.154. The van der Waals surface area contributed by atoms with Crippen molar-refractivity contribution in [3.05, 3.63) is 101 Å². The average Bonchev–Trinajstić information content (AvgIpc) is 3.10. The normalized spacial score (nSPS) is 12.3. The van der Waals surface area contributed by atoms with Crippen LogP contribution in [0.1, 0.15) is 28.2 Å². The van der Waals surface area contributed by atoms with Gasteiger partial charge in [0.05, 0.1) is 12.5 Å². The van der Waals surface area contributed by atoms with Gasteiger partial charge in [-0.3, -0.25) is 0 Å². The molecule has 3 aromatic carbocycles. The fourth-order valence-corrected chi connectivity index (χ4v) is 3.88. The van der Waals surface area contributed by atoms with Gasteiger partial charge in [0.15, 0.2) is 0 Å². The summed E-state index contributed by atoms with van der Waals surface area (Å²) in [6, 6.07) is 23.0. The maximum absolute atomic E-state index is 14.0. The van der Waals surface area contributed by atoms with Crippen molar-refractivity contribution in [1.82, 2.24) is 5.32 Å². The summed E-state index contributed by atoms with van der Waals surface area (Å²) in [5.74, 6) is -0.389. The van der Waals surface area contributed by atoms with Crippen molar-refractivity contribution < 1.29 is 13.9 Å². The van der Waals surface area contributed by atoms with Gasteiger partial charge in [-0.05, 0) is 33.9 Å². The molecule has 1 amide bonds. The lowest BCUT2D eigenvalue weighted by molar-refractivity contribution is 0.144. The van der Waals surface area contributed by atoms with Crippen LogP contribution in [0.3, 0.4) is 0 Å². The Bertz CT molecular complexity index is 1130. The number of alkyl carbamates (subject to hydrolysis) is 1. The first kappa shape index (κ1) is 20.4. The summed E-state index contributed by atoms with van der Waals surface area (Å²) >= 11 is 0. The van der Waals surface area contributed by atoms with Gasteiger partial charge in [0.1, 0.15) is 12.4 Å². The lowest BCUT2D eigenvalue weighted by atomic mass is 9.98. The predicted octanol–water partition coefficient (Wildman–Crippen LogP) is 5.44. The zero-order valence-electron chi connectivity index (χ0n) is 16.8. The second-order valence-electron chi connectivity index (χ2n) is 7.30. The third-order valence-electron chi connectivity index (χ3n) is 5.35. The topological polar surface area (TPSA) is 62.1 Å². The Morgan fingerprint density at radius 3 is 2.39 bits per heavy atom. The molecule has 0 aromatic heterocycles. The Morgan fingerprint density at radius 2 is 1.74 bits per heavy atom.